The molecule has 0 aromatic carbocycles. The van der Waals surface area contributed by atoms with Gasteiger partial charge in [0.1, 0.15) is 0 Å². The van der Waals surface area contributed by atoms with Crippen molar-refractivity contribution in [2.24, 2.45) is 17.8 Å². The summed E-state index contributed by atoms with van der Waals surface area (Å²) in [7, 11) is 0. The summed E-state index contributed by atoms with van der Waals surface area (Å²) in [5.41, 5.74) is 0. The van der Waals surface area contributed by atoms with Crippen LogP contribution in [0.2, 0.25) is 0 Å². The Morgan fingerprint density at radius 1 is 0.929 bits per heavy atom. The predicted molar refractivity (Wildman–Crippen MR) is 66.2 cm³/mol. The molecule has 1 atom stereocenters. The zero-order chi connectivity index (χ0) is 11.1. The zero-order valence-electron chi connectivity index (χ0n) is 11.1. The van der Waals surface area contributed by atoms with Crippen LogP contribution >= 0.6 is 0 Å². The highest BCUT2D eigenvalue weighted by molar-refractivity contribution is 5.01. The Bertz CT molecular complexity index is 116. The third-order valence-corrected chi connectivity index (χ3v) is 3.20. The van der Waals surface area contributed by atoms with E-state index in [0.717, 1.165) is 17.8 Å². The van der Waals surface area contributed by atoms with Crippen LogP contribution < -0.4 is 0 Å². The van der Waals surface area contributed by atoms with E-state index in [1.54, 1.807) is 5.92 Å². The second kappa shape index (κ2) is 7.31. The van der Waals surface area contributed by atoms with E-state index >= 15 is 0 Å². The minimum atomic E-state index is 0.761. The number of rotatable bonds is 7. The smallest absolute Gasteiger partial charge is 0.0159 e. The van der Waals surface area contributed by atoms with E-state index in [9.17, 15) is 0 Å². The molecular formula is C14H29. The average molecular weight is 197 g/mol. The first-order chi connectivity index (χ1) is 6.54. The summed E-state index contributed by atoms with van der Waals surface area (Å²) in [6.07, 6.45) is 5.45. The Balaban J connectivity index is 4.26. The predicted octanol–water partition coefficient (Wildman–Crippen LogP) is 5.09. The highest BCUT2D eigenvalue weighted by Crippen LogP contribution is 2.35. The largest absolute Gasteiger partial charge is 0.0654 e. The van der Waals surface area contributed by atoms with Crippen LogP contribution in [0.4, 0.5) is 0 Å². The second-order valence-corrected chi connectivity index (χ2v) is 5.06. The van der Waals surface area contributed by atoms with E-state index in [0.29, 0.717) is 0 Å². The van der Waals surface area contributed by atoms with E-state index in [2.05, 4.69) is 41.5 Å². The van der Waals surface area contributed by atoms with Crippen LogP contribution in [0.3, 0.4) is 0 Å². The molecule has 0 rings (SSSR count). The van der Waals surface area contributed by atoms with Gasteiger partial charge in [0.15, 0.2) is 0 Å². The van der Waals surface area contributed by atoms with Gasteiger partial charge < -0.3 is 0 Å². The molecule has 0 nitrogen and oxygen atoms in total. The fraction of sp³-hybridized carbons (Fsp3) is 0.929. The van der Waals surface area contributed by atoms with E-state index in [-0.39, 0.29) is 0 Å². The Labute approximate surface area is 91.5 Å². The molecule has 0 spiro atoms. The van der Waals surface area contributed by atoms with Crippen LogP contribution in [-0.2, 0) is 0 Å². The van der Waals surface area contributed by atoms with Crippen molar-refractivity contribution in [1.82, 2.24) is 0 Å². The van der Waals surface area contributed by atoms with Crippen molar-refractivity contribution in [2.45, 2.75) is 67.2 Å². The van der Waals surface area contributed by atoms with Gasteiger partial charge >= 0.3 is 0 Å². The van der Waals surface area contributed by atoms with E-state index in [1.807, 2.05) is 0 Å². The lowest BCUT2D eigenvalue weighted by molar-refractivity contribution is 0.344. The normalized spacial score (nSPS) is 14.4. The molecule has 1 unspecified atom stereocenters. The highest BCUT2D eigenvalue weighted by atomic mass is 14.3. The summed E-state index contributed by atoms with van der Waals surface area (Å²) in [6.45, 7) is 14.0. The van der Waals surface area contributed by atoms with Gasteiger partial charge in [-0.15, -0.1) is 0 Å². The van der Waals surface area contributed by atoms with Crippen LogP contribution in [0.5, 0.6) is 0 Å². The Hall–Kier alpha value is 0. The lowest BCUT2D eigenvalue weighted by Gasteiger charge is -2.32. The van der Waals surface area contributed by atoms with Crippen molar-refractivity contribution in [1.29, 1.82) is 0 Å². The molecule has 0 aliphatic carbocycles. The highest BCUT2D eigenvalue weighted by Gasteiger charge is 2.25. The second-order valence-electron chi connectivity index (χ2n) is 5.06. The molecule has 0 saturated heterocycles. The molecule has 0 saturated carbocycles. The third-order valence-electron chi connectivity index (χ3n) is 3.20. The maximum atomic E-state index is 2.35. The molecule has 0 fully saturated rings. The Morgan fingerprint density at radius 3 is 1.71 bits per heavy atom. The van der Waals surface area contributed by atoms with Gasteiger partial charge in [0.25, 0.3) is 0 Å². The van der Waals surface area contributed by atoms with E-state index < -0.39 is 0 Å². The summed E-state index contributed by atoms with van der Waals surface area (Å²) in [4.78, 5) is 0. The monoisotopic (exact) mass is 197 g/mol. The topological polar surface area (TPSA) is 0 Å². The lowest BCUT2D eigenvalue weighted by Crippen LogP contribution is -2.22. The molecule has 85 valence electrons. The van der Waals surface area contributed by atoms with Crippen LogP contribution in [0.25, 0.3) is 0 Å². The van der Waals surface area contributed by atoms with Crippen molar-refractivity contribution < 1.29 is 0 Å². The van der Waals surface area contributed by atoms with Crippen molar-refractivity contribution in [2.75, 3.05) is 0 Å². The maximum Gasteiger partial charge on any atom is -0.0159 e. The number of hydrogen-bond acceptors (Lipinski definition) is 0. The van der Waals surface area contributed by atoms with Gasteiger partial charge in [0.05, 0.1) is 0 Å². The molecule has 0 aromatic rings. The quantitative estimate of drug-likeness (QED) is 0.533. The Kier molecular flexibility index (Phi) is 7.31. The first-order valence-electron chi connectivity index (χ1n) is 6.41. The van der Waals surface area contributed by atoms with Crippen LogP contribution in [0.15, 0.2) is 0 Å². The van der Waals surface area contributed by atoms with Crippen molar-refractivity contribution in [3.05, 3.63) is 5.92 Å². The number of unbranched alkanes of at least 4 members (excludes halogenated alkanes) is 1. The average Bonchev–Trinajstić information content (AvgIpc) is 2.10. The number of hydrogen-bond donors (Lipinski definition) is 0. The molecule has 0 amide bonds. The van der Waals surface area contributed by atoms with E-state index in [1.165, 1.54) is 25.7 Å². The molecular weight excluding hydrogens is 168 g/mol. The van der Waals surface area contributed by atoms with Gasteiger partial charge in [-0.3, -0.25) is 0 Å². The molecule has 14 heavy (non-hydrogen) atoms. The standard InChI is InChI=1S/C14H29/c1-7-9-10-13(8-2)14(11(3)4)12(5)6/h11-13H,7-10H2,1-6H3. The van der Waals surface area contributed by atoms with Gasteiger partial charge in [-0.25, -0.2) is 0 Å². The van der Waals surface area contributed by atoms with Crippen LogP contribution in [-0.4, -0.2) is 0 Å². The van der Waals surface area contributed by atoms with Gasteiger partial charge in [-0.1, -0.05) is 60.8 Å². The van der Waals surface area contributed by atoms with Gasteiger partial charge in [-0.2, -0.15) is 0 Å². The molecule has 0 bridgehead atoms. The molecule has 0 heterocycles. The fourth-order valence-corrected chi connectivity index (χ4v) is 2.67. The third kappa shape index (κ3) is 4.48. The lowest BCUT2D eigenvalue weighted by atomic mass is 9.73. The summed E-state index contributed by atoms with van der Waals surface area (Å²) >= 11 is 0. The Morgan fingerprint density at radius 2 is 1.43 bits per heavy atom. The van der Waals surface area contributed by atoms with Crippen molar-refractivity contribution >= 4 is 0 Å². The SMILES string of the molecule is CCCCC(CC)[C](C(C)C)C(C)C. The summed E-state index contributed by atoms with van der Waals surface area (Å²) < 4.78 is 0. The van der Waals surface area contributed by atoms with Gasteiger partial charge in [-0.05, 0) is 30.1 Å². The van der Waals surface area contributed by atoms with Gasteiger partial charge in [0.2, 0.25) is 0 Å². The van der Waals surface area contributed by atoms with Gasteiger partial charge in [0, 0.05) is 0 Å². The molecule has 0 aliphatic heterocycles. The zero-order valence-corrected chi connectivity index (χ0v) is 11.1. The maximum absolute atomic E-state index is 2.35. The van der Waals surface area contributed by atoms with Crippen molar-refractivity contribution in [3.63, 3.8) is 0 Å². The minimum absolute atomic E-state index is 0.761. The molecule has 0 N–H and O–H groups in total. The molecule has 0 heteroatoms. The van der Waals surface area contributed by atoms with Crippen LogP contribution in [0, 0.1) is 23.7 Å². The minimum Gasteiger partial charge on any atom is -0.0654 e. The summed E-state index contributed by atoms with van der Waals surface area (Å²) in [5.74, 6) is 4.18. The summed E-state index contributed by atoms with van der Waals surface area (Å²) in [5, 5.41) is 0. The summed E-state index contributed by atoms with van der Waals surface area (Å²) in [6, 6.07) is 0. The first kappa shape index (κ1) is 14.0. The molecule has 0 aromatic heterocycles. The van der Waals surface area contributed by atoms with E-state index in [4.69, 9.17) is 0 Å². The molecule has 0 aliphatic rings. The first-order valence-corrected chi connectivity index (χ1v) is 6.41. The fourth-order valence-electron chi connectivity index (χ4n) is 2.67. The molecule has 1 radical (unpaired) electrons. The van der Waals surface area contributed by atoms with Crippen molar-refractivity contribution in [3.8, 4) is 0 Å². The van der Waals surface area contributed by atoms with Crippen LogP contribution in [0.1, 0.15) is 67.2 Å².